The molecular weight excluding hydrogens is 382 g/mol. The van der Waals surface area contributed by atoms with Gasteiger partial charge in [0.1, 0.15) is 16.8 Å². The van der Waals surface area contributed by atoms with Crippen LogP contribution in [-0.4, -0.2) is 66.1 Å². The highest BCUT2D eigenvalue weighted by molar-refractivity contribution is 8.00. The predicted octanol–water partition coefficient (Wildman–Crippen LogP) is -1.08. The van der Waals surface area contributed by atoms with Gasteiger partial charge in [0.05, 0.1) is 0 Å². The third-order valence-electron chi connectivity index (χ3n) is 4.51. The molecule has 2 aliphatic heterocycles. The molecule has 2 saturated heterocycles. The second-order valence-corrected chi connectivity index (χ2v) is 8.72. The fraction of sp³-hybridized carbons (Fsp3) is 0.643. The molecule has 0 bridgehead atoms. The first-order valence-corrected chi connectivity index (χ1v) is 9.96. The summed E-state index contributed by atoms with van der Waals surface area (Å²) in [5.41, 5.74) is 3.00. The largest absolute Gasteiger partial charge is 0.481 e. The van der Waals surface area contributed by atoms with Crippen molar-refractivity contribution in [1.29, 1.82) is 0 Å². The topological polar surface area (TPSA) is 151 Å². The fourth-order valence-electron chi connectivity index (χ4n) is 2.96. The van der Waals surface area contributed by atoms with Gasteiger partial charge in [-0.25, -0.2) is 5.10 Å². The zero-order valence-corrected chi connectivity index (χ0v) is 15.8. The third kappa shape index (κ3) is 2.95. The number of thioether (sulfide) groups is 2. The lowest BCUT2D eigenvalue weighted by atomic mass is 9.89. The van der Waals surface area contributed by atoms with E-state index in [1.807, 2.05) is 0 Å². The van der Waals surface area contributed by atoms with Gasteiger partial charge in [0, 0.05) is 24.1 Å². The molecule has 4 N–H and O–H groups in total. The number of rotatable bonds is 5. The fourth-order valence-corrected chi connectivity index (χ4v) is 5.85. The summed E-state index contributed by atoms with van der Waals surface area (Å²) in [6.45, 7) is 3.54. The summed E-state index contributed by atoms with van der Waals surface area (Å²) in [5.74, 6) is -0.870. The Bertz CT molecular complexity index is 868. The molecule has 142 valence electrons. The first kappa shape index (κ1) is 19.0. The molecule has 3 atom stereocenters. The van der Waals surface area contributed by atoms with Crippen LogP contribution in [0, 0.1) is 5.41 Å². The van der Waals surface area contributed by atoms with E-state index in [0.29, 0.717) is 5.75 Å². The quantitative estimate of drug-likeness (QED) is 0.318. The molecule has 0 saturated carbocycles. The molecule has 26 heavy (non-hydrogen) atoms. The Balaban J connectivity index is 1.84. The zero-order chi connectivity index (χ0) is 19.2. The van der Waals surface area contributed by atoms with E-state index >= 15 is 0 Å². The van der Waals surface area contributed by atoms with Gasteiger partial charge in [-0.05, 0) is 13.8 Å². The predicted molar refractivity (Wildman–Crippen MR) is 96.2 cm³/mol. The van der Waals surface area contributed by atoms with Crippen molar-refractivity contribution in [3.05, 3.63) is 20.7 Å². The molecule has 3 rings (SSSR count). The number of aromatic amines is 1. The third-order valence-corrected chi connectivity index (χ3v) is 7.36. The molecule has 0 aromatic carbocycles. The zero-order valence-electron chi connectivity index (χ0n) is 14.2. The number of carboxylic acids is 1. The summed E-state index contributed by atoms with van der Waals surface area (Å²) in [5, 5.41) is 15.9. The summed E-state index contributed by atoms with van der Waals surface area (Å²) in [4.78, 5) is 48.9. The summed E-state index contributed by atoms with van der Waals surface area (Å²) < 4.78 is 1.24. The molecule has 1 aromatic rings. The number of H-pyrrole nitrogens is 1. The molecule has 10 nitrogen and oxygen atoms in total. The molecule has 12 heteroatoms. The van der Waals surface area contributed by atoms with E-state index in [2.05, 4.69) is 10.2 Å². The Morgan fingerprint density at radius 1 is 1.50 bits per heavy atom. The Hall–Kier alpha value is -1.79. The van der Waals surface area contributed by atoms with E-state index in [1.165, 1.54) is 21.2 Å². The SMILES string of the molecule is CC(C)n1c(SCC2(C(=O)O)CS[C@@H]3C(N)C(=O)N3C2)n[nH]c(=O)c1=O. The highest BCUT2D eigenvalue weighted by Gasteiger charge is 2.55. The number of carbonyl (C=O) groups is 2. The summed E-state index contributed by atoms with van der Waals surface area (Å²) in [6.07, 6.45) is 0. The number of fused-ring (bicyclic) bond motifs is 1. The second kappa shape index (κ2) is 6.74. The normalized spacial score (nSPS) is 28.0. The van der Waals surface area contributed by atoms with Crippen molar-refractivity contribution in [2.75, 3.05) is 18.1 Å². The van der Waals surface area contributed by atoms with Gasteiger partial charge in [-0.3, -0.25) is 23.7 Å². The van der Waals surface area contributed by atoms with Crippen LogP contribution in [0.4, 0.5) is 0 Å². The van der Waals surface area contributed by atoms with Gasteiger partial charge in [0.25, 0.3) is 0 Å². The lowest BCUT2D eigenvalue weighted by Gasteiger charge is -2.52. The summed E-state index contributed by atoms with van der Waals surface area (Å²) in [6, 6.07) is -0.882. The molecule has 2 aliphatic rings. The number of aliphatic carboxylic acids is 1. The molecule has 0 spiro atoms. The lowest BCUT2D eigenvalue weighted by molar-refractivity contribution is -0.155. The van der Waals surface area contributed by atoms with Crippen molar-refractivity contribution in [3.63, 3.8) is 0 Å². The molecule has 1 amide bonds. The Morgan fingerprint density at radius 2 is 2.19 bits per heavy atom. The lowest BCUT2D eigenvalue weighted by Crippen LogP contribution is -2.72. The van der Waals surface area contributed by atoms with Crippen LogP contribution >= 0.6 is 23.5 Å². The minimum atomic E-state index is -1.18. The van der Waals surface area contributed by atoms with E-state index < -0.39 is 28.5 Å². The van der Waals surface area contributed by atoms with E-state index in [9.17, 15) is 24.3 Å². The average molecular weight is 401 g/mol. The number of amides is 1. The van der Waals surface area contributed by atoms with E-state index in [0.717, 1.165) is 11.8 Å². The minimum Gasteiger partial charge on any atom is -0.481 e. The molecule has 2 unspecified atom stereocenters. The molecule has 0 aliphatic carbocycles. The Kier molecular flexibility index (Phi) is 4.92. The van der Waals surface area contributed by atoms with Crippen molar-refractivity contribution < 1.29 is 14.7 Å². The van der Waals surface area contributed by atoms with Crippen LogP contribution < -0.4 is 16.9 Å². The van der Waals surface area contributed by atoms with Crippen molar-refractivity contribution in [2.45, 2.75) is 36.5 Å². The highest BCUT2D eigenvalue weighted by atomic mass is 32.2. The molecule has 2 fully saturated rings. The van der Waals surface area contributed by atoms with Crippen molar-refractivity contribution in [1.82, 2.24) is 19.7 Å². The number of aromatic nitrogens is 3. The number of hydrogen-bond donors (Lipinski definition) is 3. The standard InChI is InChI=1S/C14H19N5O5S2/c1-6(2)19-10(22)8(20)16-17-13(19)26-5-14(12(23)24)3-18-9(21)7(15)11(18)25-4-14/h6-7,11H,3-5,15H2,1-2H3,(H,16,20)(H,23,24)/t7?,11-,14?/m1/s1. The van der Waals surface area contributed by atoms with Crippen LogP contribution in [0.1, 0.15) is 19.9 Å². The number of β-lactam (4-membered cyclic amide) rings is 1. The van der Waals surface area contributed by atoms with E-state index in [1.54, 1.807) is 13.8 Å². The molecule has 0 radical (unpaired) electrons. The monoisotopic (exact) mass is 401 g/mol. The van der Waals surface area contributed by atoms with Gasteiger partial charge in [-0.15, -0.1) is 16.9 Å². The maximum absolute atomic E-state index is 12.1. The van der Waals surface area contributed by atoms with Gasteiger partial charge >= 0.3 is 17.1 Å². The Labute approximate surface area is 156 Å². The maximum atomic E-state index is 12.1. The number of nitrogens with two attached hydrogens (primary N) is 1. The summed E-state index contributed by atoms with van der Waals surface area (Å²) in [7, 11) is 0. The molecule has 1 aromatic heterocycles. The first-order valence-electron chi connectivity index (χ1n) is 7.93. The van der Waals surface area contributed by atoms with Crippen LogP contribution in [0.15, 0.2) is 14.7 Å². The Morgan fingerprint density at radius 3 is 2.81 bits per heavy atom. The van der Waals surface area contributed by atoms with Gasteiger partial charge in [0.15, 0.2) is 5.16 Å². The average Bonchev–Trinajstić information content (AvgIpc) is 2.61. The van der Waals surface area contributed by atoms with Crippen LogP contribution in [0.2, 0.25) is 0 Å². The maximum Gasteiger partial charge on any atom is 0.330 e. The number of carbonyl (C=O) groups excluding carboxylic acids is 1. The van der Waals surface area contributed by atoms with Crippen molar-refractivity contribution in [2.24, 2.45) is 11.1 Å². The van der Waals surface area contributed by atoms with Gasteiger partial charge in [0.2, 0.25) is 5.91 Å². The smallest absolute Gasteiger partial charge is 0.330 e. The first-order chi connectivity index (χ1) is 12.2. The van der Waals surface area contributed by atoms with Gasteiger partial charge < -0.3 is 15.7 Å². The van der Waals surface area contributed by atoms with Crippen molar-refractivity contribution in [3.8, 4) is 0 Å². The van der Waals surface area contributed by atoms with Crippen LogP contribution in [0.25, 0.3) is 0 Å². The number of nitrogens with zero attached hydrogens (tertiary/aromatic N) is 3. The van der Waals surface area contributed by atoms with Crippen LogP contribution in [0.3, 0.4) is 0 Å². The second-order valence-electron chi connectivity index (χ2n) is 6.67. The number of nitrogens with one attached hydrogen (secondary N) is 1. The van der Waals surface area contributed by atoms with Gasteiger partial charge in [-0.2, -0.15) is 0 Å². The van der Waals surface area contributed by atoms with E-state index in [-0.39, 0.29) is 34.8 Å². The number of hydrogen-bond acceptors (Lipinski definition) is 8. The summed E-state index contributed by atoms with van der Waals surface area (Å²) >= 11 is 2.43. The van der Waals surface area contributed by atoms with Crippen LogP contribution in [0.5, 0.6) is 0 Å². The minimum absolute atomic E-state index is 0.0643. The highest BCUT2D eigenvalue weighted by Crippen LogP contribution is 2.43. The van der Waals surface area contributed by atoms with Gasteiger partial charge in [-0.1, -0.05) is 11.8 Å². The van der Waals surface area contributed by atoms with Crippen LogP contribution in [-0.2, 0) is 9.59 Å². The molecule has 3 heterocycles. The van der Waals surface area contributed by atoms with Crippen molar-refractivity contribution >= 4 is 35.4 Å². The number of carboxylic acid groups (broad SMARTS) is 1. The van der Waals surface area contributed by atoms with E-state index in [4.69, 9.17) is 5.73 Å². The molecular formula is C14H19N5O5S2.